The molecule has 0 fully saturated rings. The predicted molar refractivity (Wildman–Crippen MR) is 108 cm³/mol. The first-order valence-corrected chi connectivity index (χ1v) is 11.6. The van der Waals surface area contributed by atoms with Crippen molar-refractivity contribution in [3.8, 4) is 5.75 Å². The molecule has 0 saturated carbocycles. The fourth-order valence-electron chi connectivity index (χ4n) is 3.22. The molecule has 0 saturated heterocycles. The van der Waals surface area contributed by atoms with Crippen molar-refractivity contribution in [1.29, 1.82) is 0 Å². The van der Waals surface area contributed by atoms with Crippen molar-refractivity contribution in [3.05, 3.63) is 29.8 Å². The summed E-state index contributed by atoms with van der Waals surface area (Å²) in [6, 6.07) is 6.91. The van der Waals surface area contributed by atoms with E-state index in [-0.39, 0.29) is 5.75 Å². The van der Waals surface area contributed by atoms with Crippen LogP contribution in [0.1, 0.15) is 96.0 Å². The number of aryl methyl sites for hydroxylation is 1. The van der Waals surface area contributed by atoms with Crippen LogP contribution in [-0.2, 0) is 16.8 Å². The smallest absolute Gasteiger partial charge is 0.362 e. The Labute approximate surface area is 160 Å². The minimum atomic E-state index is -4.44. The quantitative estimate of drug-likeness (QED) is 0.261. The zero-order chi connectivity index (χ0) is 19.1. The number of hydrogen-bond donors (Lipinski definition) is 1. The van der Waals surface area contributed by atoms with Crippen molar-refractivity contribution in [2.75, 3.05) is 0 Å². The zero-order valence-electron chi connectivity index (χ0n) is 16.3. The fourth-order valence-corrected chi connectivity index (χ4v) is 3.57. The summed E-state index contributed by atoms with van der Waals surface area (Å²) in [6.07, 6.45) is 18.2. The number of hydrogen-bond acceptors (Lipinski definition) is 3. The van der Waals surface area contributed by atoms with E-state index in [2.05, 4.69) is 11.1 Å². The van der Waals surface area contributed by atoms with Gasteiger partial charge in [0.2, 0.25) is 0 Å². The Morgan fingerprint density at radius 1 is 0.808 bits per heavy atom. The summed E-state index contributed by atoms with van der Waals surface area (Å²) in [6.45, 7) is 2.26. The lowest BCUT2D eigenvalue weighted by molar-refractivity contribution is 0.386. The van der Waals surface area contributed by atoms with Gasteiger partial charge in [0.05, 0.1) is 0 Å². The highest BCUT2D eigenvalue weighted by Crippen LogP contribution is 2.18. The van der Waals surface area contributed by atoms with E-state index in [0.29, 0.717) is 0 Å². The Morgan fingerprint density at radius 2 is 1.31 bits per heavy atom. The molecule has 5 heteroatoms. The first kappa shape index (κ1) is 23.0. The molecule has 0 aliphatic carbocycles. The molecule has 4 nitrogen and oxygen atoms in total. The predicted octanol–water partition coefficient (Wildman–Crippen LogP) is 6.50. The van der Waals surface area contributed by atoms with Crippen LogP contribution in [0.3, 0.4) is 0 Å². The Kier molecular flexibility index (Phi) is 12.4. The zero-order valence-corrected chi connectivity index (χ0v) is 17.1. The molecule has 150 valence electrons. The first-order valence-electron chi connectivity index (χ1n) is 10.3. The van der Waals surface area contributed by atoms with Crippen molar-refractivity contribution in [2.45, 2.75) is 96.8 Å². The van der Waals surface area contributed by atoms with Gasteiger partial charge in [-0.25, -0.2) is 0 Å². The van der Waals surface area contributed by atoms with Gasteiger partial charge < -0.3 is 4.18 Å². The summed E-state index contributed by atoms with van der Waals surface area (Å²) < 4.78 is 34.7. The second kappa shape index (κ2) is 14.0. The van der Waals surface area contributed by atoms with Gasteiger partial charge in [-0.15, -0.1) is 0 Å². The molecule has 0 aliphatic rings. The molecule has 1 aromatic carbocycles. The van der Waals surface area contributed by atoms with Gasteiger partial charge in [0.1, 0.15) is 5.75 Å². The summed E-state index contributed by atoms with van der Waals surface area (Å²) in [5.74, 6) is 0.166. The summed E-state index contributed by atoms with van der Waals surface area (Å²) in [4.78, 5) is 0. The SMILES string of the molecule is CCCCCCCCCCCCCCCc1cccc(OS(=O)(=O)O)c1. The highest BCUT2D eigenvalue weighted by atomic mass is 32.3. The third kappa shape index (κ3) is 13.2. The highest BCUT2D eigenvalue weighted by Gasteiger charge is 2.07. The summed E-state index contributed by atoms with van der Waals surface area (Å²) >= 11 is 0. The Morgan fingerprint density at radius 3 is 1.81 bits per heavy atom. The van der Waals surface area contributed by atoms with Crippen LogP contribution in [0.15, 0.2) is 24.3 Å². The van der Waals surface area contributed by atoms with Gasteiger partial charge in [0, 0.05) is 0 Å². The second-order valence-corrected chi connectivity index (χ2v) is 8.17. The molecular formula is C21H36O4S. The molecule has 1 rings (SSSR count). The molecule has 0 amide bonds. The fraction of sp³-hybridized carbons (Fsp3) is 0.714. The number of unbranched alkanes of at least 4 members (excludes halogenated alkanes) is 12. The average Bonchev–Trinajstić information content (AvgIpc) is 2.58. The van der Waals surface area contributed by atoms with Crippen LogP contribution >= 0.6 is 0 Å². The van der Waals surface area contributed by atoms with E-state index in [4.69, 9.17) is 4.55 Å². The topological polar surface area (TPSA) is 63.6 Å². The number of benzene rings is 1. The monoisotopic (exact) mass is 384 g/mol. The molecule has 26 heavy (non-hydrogen) atoms. The molecule has 0 aliphatic heterocycles. The standard InChI is InChI=1S/C21H36O4S/c1-2-3-4-5-6-7-8-9-10-11-12-13-14-16-20-17-15-18-21(19-20)25-26(22,23)24/h15,17-19H,2-14,16H2,1H3,(H,22,23,24). The van der Waals surface area contributed by atoms with Crippen LogP contribution in [0.25, 0.3) is 0 Å². The van der Waals surface area contributed by atoms with E-state index in [1.807, 2.05) is 6.07 Å². The maximum Gasteiger partial charge on any atom is 0.446 e. The summed E-state index contributed by atoms with van der Waals surface area (Å²) in [7, 11) is -4.44. The molecular weight excluding hydrogens is 348 g/mol. The van der Waals surface area contributed by atoms with Crippen LogP contribution < -0.4 is 4.18 Å². The summed E-state index contributed by atoms with van der Waals surface area (Å²) in [5, 5.41) is 0. The molecule has 0 aromatic heterocycles. The summed E-state index contributed by atoms with van der Waals surface area (Å²) in [5.41, 5.74) is 1.04. The van der Waals surface area contributed by atoms with Crippen molar-refractivity contribution < 1.29 is 17.2 Å². The van der Waals surface area contributed by atoms with E-state index >= 15 is 0 Å². The van der Waals surface area contributed by atoms with Gasteiger partial charge in [-0.05, 0) is 30.5 Å². The third-order valence-electron chi connectivity index (χ3n) is 4.67. The van der Waals surface area contributed by atoms with E-state index in [0.717, 1.165) is 18.4 Å². The normalized spacial score (nSPS) is 11.6. The van der Waals surface area contributed by atoms with E-state index in [1.165, 1.54) is 83.1 Å². The van der Waals surface area contributed by atoms with Crippen molar-refractivity contribution in [2.24, 2.45) is 0 Å². The van der Waals surface area contributed by atoms with Crippen LogP contribution in [0.5, 0.6) is 5.75 Å². The first-order chi connectivity index (χ1) is 12.5. The highest BCUT2D eigenvalue weighted by molar-refractivity contribution is 7.81. The minimum absolute atomic E-state index is 0.166. The Balaban J connectivity index is 1.98. The average molecular weight is 385 g/mol. The van der Waals surface area contributed by atoms with E-state index in [9.17, 15) is 8.42 Å². The molecule has 0 radical (unpaired) electrons. The van der Waals surface area contributed by atoms with Gasteiger partial charge >= 0.3 is 10.4 Å². The van der Waals surface area contributed by atoms with Crippen molar-refractivity contribution in [1.82, 2.24) is 0 Å². The van der Waals surface area contributed by atoms with E-state index in [1.54, 1.807) is 12.1 Å². The van der Waals surface area contributed by atoms with Gasteiger partial charge in [0.15, 0.2) is 0 Å². The van der Waals surface area contributed by atoms with Gasteiger partial charge in [-0.3, -0.25) is 4.55 Å². The molecule has 0 heterocycles. The minimum Gasteiger partial charge on any atom is -0.362 e. The van der Waals surface area contributed by atoms with Gasteiger partial charge in [-0.1, -0.05) is 96.1 Å². The van der Waals surface area contributed by atoms with E-state index < -0.39 is 10.4 Å². The Hall–Kier alpha value is -1.07. The van der Waals surface area contributed by atoms with Crippen molar-refractivity contribution >= 4 is 10.4 Å². The maximum atomic E-state index is 10.7. The lowest BCUT2D eigenvalue weighted by atomic mass is 10.0. The van der Waals surface area contributed by atoms with Crippen LogP contribution in [0.2, 0.25) is 0 Å². The van der Waals surface area contributed by atoms with Gasteiger partial charge in [0.25, 0.3) is 0 Å². The Bertz CT molecular complexity index is 569. The molecule has 1 aromatic rings. The number of rotatable bonds is 16. The lowest BCUT2D eigenvalue weighted by Crippen LogP contribution is -2.06. The van der Waals surface area contributed by atoms with Crippen LogP contribution in [0.4, 0.5) is 0 Å². The maximum absolute atomic E-state index is 10.7. The lowest BCUT2D eigenvalue weighted by Gasteiger charge is -2.05. The van der Waals surface area contributed by atoms with Gasteiger partial charge in [-0.2, -0.15) is 8.42 Å². The molecule has 0 atom stereocenters. The largest absolute Gasteiger partial charge is 0.446 e. The van der Waals surface area contributed by atoms with Crippen molar-refractivity contribution in [3.63, 3.8) is 0 Å². The second-order valence-electron chi connectivity index (χ2n) is 7.15. The molecule has 0 spiro atoms. The third-order valence-corrected chi connectivity index (χ3v) is 5.07. The van der Waals surface area contributed by atoms with Crippen LogP contribution in [0, 0.1) is 0 Å². The molecule has 0 unspecified atom stereocenters. The molecule has 0 bridgehead atoms. The molecule has 1 N–H and O–H groups in total. The van der Waals surface area contributed by atoms with Crippen LogP contribution in [-0.4, -0.2) is 13.0 Å².